The number of nitrogens with one attached hydrogen (secondary N) is 2. The standard InChI is InChI=1S/C26H23N3O5S.ClHO3S/c1-16-6-2-3-7-19(16)24(30)27-18-13-11-17(12-14-18)26(31)29-15-5-8-20-23-21(9-4-10-22(23)29)28-25(20)35(32,33)34;1-5(2,3)4/h2-4,6-7,9-14,28H,5,8,15H2,1H3,(H,27,30)(H,32,33,34);(H,2,3,4). The van der Waals surface area contributed by atoms with Gasteiger partial charge in [-0.1, -0.05) is 24.3 Å². The van der Waals surface area contributed by atoms with Gasteiger partial charge in [0, 0.05) is 50.5 Å². The summed E-state index contributed by atoms with van der Waals surface area (Å²) in [4.78, 5) is 30.5. The predicted molar refractivity (Wildman–Crippen MR) is 151 cm³/mol. The van der Waals surface area contributed by atoms with E-state index in [1.54, 1.807) is 59.5 Å². The van der Waals surface area contributed by atoms with Crippen LogP contribution >= 0.6 is 10.7 Å². The lowest BCUT2D eigenvalue weighted by molar-refractivity contribution is 0.0986. The van der Waals surface area contributed by atoms with Crippen molar-refractivity contribution in [2.75, 3.05) is 16.8 Å². The Labute approximate surface area is 234 Å². The van der Waals surface area contributed by atoms with Crippen molar-refractivity contribution in [3.05, 3.63) is 89.0 Å². The second kappa shape index (κ2) is 11.4. The first-order chi connectivity index (χ1) is 18.7. The van der Waals surface area contributed by atoms with Gasteiger partial charge >= 0.3 is 19.4 Å². The molecule has 0 fully saturated rings. The molecule has 4 N–H and O–H groups in total. The van der Waals surface area contributed by atoms with Crippen molar-refractivity contribution in [1.29, 1.82) is 0 Å². The molecule has 0 unspecified atom stereocenters. The van der Waals surface area contributed by atoms with Gasteiger partial charge in [0.1, 0.15) is 0 Å². The first kappa shape index (κ1) is 29.2. The average molecular weight is 606 g/mol. The summed E-state index contributed by atoms with van der Waals surface area (Å²) in [6, 6.07) is 19.2. The Morgan fingerprint density at radius 1 is 0.950 bits per heavy atom. The Hall–Kier alpha value is -3.75. The van der Waals surface area contributed by atoms with Crippen molar-refractivity contribution in [2.45, 2.75) is 24.8 Å². The van der Waals surface area contributed by atoms with E-state index in [1.807, 2.05) is 19.1 Å². The van der Waals surface area contributed by atoms with E-state index in [-0.39, 0.29) is 16.8 Å². The molecule has 5 rings (SSSR count). The van der Waals surface area contributed by atoms with Gasteiger partial charge in [0.15, 0.2) is 5.03 Å². The largest absolute Gasteiger partial charge is 0.353 e. The zero-order valence-corrected chi connectivity index (χ0v) is 23.3. The zero-order valence-electron chi connectivity index (χ0n) is 21.0. The maximum atomic E-state index is 13.5. The fraction of sp³-hybridized carbons (Fsp3) is 0.154. The molecule has 3 aromatic carbocycles. The lowest BCUT2D eigenvalue weighted by Crippen LogP contribution is -2.31. The van der Waals surface area contributed by atoms with Crippen molar-refractivity contribution in [2.24, 2.45) is 0 Å². The highest BCUT2D eigenvalue weighted by Gasteiger charge is 2.29. The van der Waals surface area contributed by atoms with Crippen LogP contribution in [-0.2, 0) is 25.9 Å². The minimum absolute atomic E-state index is 0.219. The highest BCUT2D eigenvalue weighted by Crippen LogP contribution is 2.37. The number of aryl methyl sites for hydroxylation is 2. The molecule has 11 nitrogen and oxygen atoms in total. The number of hydrogen-bond acceptors (Lipinski definition) is 6. The van der Waals surface area contributed by atoms with Gasteiger partial charge in [0.05, 0.1) is 5.69 Å². The van der Waals surface area contributed by atoms with Crippen LogP contribution in [0.4, 0.5) is 11.4 Å². The molecule has 1 aliphatic heterocycles. The molecule has 1 aromatic heterocycles. The van der Waals surface area contributed by atoms with E-state index in [4.69, 9.17) is 13.0 Å². The summed E-state index contributed by atoms with van der Waals surface area (Å²) < 4.78 is 58.6. The monoisotopic (exact) mass is 605 g/mol. The van der Waals surface area contributed by atoms with Crippen molar-refractivity contribution >= 4 is 64.2 Å². The summed E-state index contributed by atoms with van der Waals surface area (Å²) in [5, 5.41) is 3.25. The van der Waals surface area contributed by atoms with Crippen LogP contribution in [0.2, 0.25) is 0 Å². The Morgan fingerprint density at radius 3 is 2.23 bits per heavy atom. The van der Waals surface area contributed by atoms with E-state index in [0.29, 0.717) is 58.4 Å². The van der Waals surface area contributed by atoms with Crippen LogP contribution in [0.15, 0.2) is 71.8 Å². The highest BCUT2D eigenvalue weighted by atomic mass is 35.7. The molecule has 4 aromatic rings. The Bertz CT molecular complexity index is 1810. The number of amides is 2. The van der Waals surface area contributed by atoms with Crippen LogP contribution in [0.5, 0.6) is 0 Å². The molecule has 0 radical (unpaired) electrons. The lowest BCUT2D eigenvalue weighted by atomic mass is 10.1. The van der Waals surface area contributed by atoms with Crippen LogP contribution in [-0.4, -0.2) is 49.3 Å². The number of carbonyl (C=O) groups excluding carboxylic acids is 2. The summed E-state index contributed by atoms with van der Waals surface area (Å²) in [6.07, 6.45) is 0.931. The Balaban J connectivity index is 0.000000681. The summed E-state index contributed by atoms with van der Waals surface area (Å²) in [7, 11) is -4.56. The first-order valence-corrected chi connectivity index (χ1v) is 15.5. The molecular formula is C26H24ClN3O8S2. The topological polar surface area (TPSA) is 174 Å². The highest BCUT2D eigenvalue weighted by molar-refractivity contribution is 8.09. The second-order valence-electron chi connectivity index (χ2n) is 8.93. The molecule has 2 amide bonds. The number of H-pyrrole nitrogens is 1. The Kier molecular flexibility index (Phi) is 8.33. The third-order valence-electron chi connectivity index (χ3n) is 6.25. The molecule has 0 bridgehead atoms. The summed E-state index contributed by atoms with van der Waals surface area (Å²) in [6.45, 7) is 2.26. The third kappa shape index (κ3) is 6.69. The quantitative estimate of drug-likeness (QED) is 0.193. The minimum Gasteiger partial charge on any atom is -0.343 e. The third-order valence-corrected chi connectivity index (χ3v) is 7.11. The second-order valence-corrected chi connectivity index (χ2v) is 12.3. The number of benzene rings is 3. The number of halogens is 1. The van der Waals surface area contributed by atoms with Gasteiger partial charge in [-0.05, 0) is 67.8 Å². The van der Waals surface area contributed by atoms with E-state index in [9.17, 15) is 22.6 Å². The van der Waals surface area contributed by atoms with E-state index in [2.05, 4.69) is 21.0 Å². The normalized spacial score (nSPS) is 13.2. The van der Waals surface area contributed by atoms with Crippen molar-refractivity contribution < 1.29 is 35.5 Å². The molecule has 1 aliphatic rings. The maximum Gasteiger partial charge on any atom is 0.353 e. The number of aromatic amines is 1. The van der Waals surface area contributed by atoms with Gasteiger partial charge in [0.2, 0.25) is 0 Å². The molecule has 0 saturated carbocycles. The number of carbonyl (C=O) groups is 2. The van der Waals surface area contributed by atoms with Crippen molar-refractivity contribution in [1.82, 2.24) is 4.98 Å². The molecule has 0 spiro atoms. The van der Waals surface area contributed by atoms with Gasteiger partial charge < -0.3 is 15.2 Å². The maximum absolute atomic E-state index is 13.5. The molecule has 0 atom stereocenters. The summed E-state index contributed by atoms with van der Waals surface area (Å²) in [5.41, 5.74) is 4.07. The number of anilines is 2. The van der Waals surface area contributed by atoms with Crippen LogP contribution in [0.1, 0.15) is 38.3 Å². The lowest BCUT2D eigenvalue weighted by Gasteiger charge is -2.22. The molecule has 40 heavy (non-hydrogen) atoms. The van der Waals surface area contributed by atoms with Gasteiger partial charge in [-0.2, -0.15) is 16.8 Å². The number of nitrogens with zero attached hydrogens (tertiary/aromatic N) is 1. The van der Waals surface area contributed by atoms with E-state index in [0.717, 1.165) is 5.56 Å². The average Bonchev–Trinajstić information content (AvgIpc) is 3.14. The van der Waals surface area contributed by atoms with Crippen LogP contribution in [0, 0.1) is 6.92 Å². The van der Waals surface area contributed by atoms with Crippen molar-refractivity contribution in [3.8, 4) is 0 Å². The van der Waals surface area contributed by atoms with Crippen LogP contribution < -0.4 is 10.2 Å². The SMILES string of the molecule is Cc1ccccc1C(=O)Nc1ccc(C(=O)N2CCCc3c(S(=O)(=O)O)[nH]c4cccc2c34)cc1.O=S(=O)(O)Cl. The van der Waals surface area contributed by atoms with Crippen LogP contribution in [0.3, 0.4) is 0 Å². The molecule has 210 valence electrons. The molecule has 14 heteroatoms. The number of rotatable bonds is 4. The van der Waals surface area contributed by atoms with Gasteiger partial charge in [-0.25, -0.2) is 0 Å². The Morgan fingerprint density at radius 2 is 1.60 bits per heavy atom. The minimum atomic E-state index is -4.43. The van der Waals surface area contributed by atoms with E-state index in [1.165, 1.54) is 0 Å². The summed E-state index contributed by atoms with van der Waals surface area (Å²) >= 11 is 0. The van der Waals surface area contributed by atoms with E-state index < -0.39 is 19.4 Å². The van der Waals surface area contributed by atoms with Crippen LogP contribution in [0.25, 0.3) is 10.9 Å². The first-order valence-electron chi connectivity index (χ1n) is 11.8. The molecule has 0 aliphatic carbocycles. The number of hydrogen-bond donors (Lipinski definition) is 4. The van der Waals surface area contributed by atoms with Gasteiger partial charge in [-0.3, -0.25) is 18.7 Å². The molecule has 2 heterocycles. The number of aromatic nitrogens is 1. The predicted octanol–water partition coefficient (Wildman–Crippen LogP) is 4.60. The fourth-order valence-corrected chi connectivity index (χ4v) is 5.33. The van der Waals surface area contributed by atoms with E-state index >= 15 is 0 Å². The fourth-order valence-electron chi connectivity index (χ4n) is 4.58. The van der Waals surface area contributed by atoms with Gasteiger partial charge in [0.25, 0.3) is 11.8 Å². The van der Waals surface area contributed by atoms with Crippen molar-refractivity contribution in [3.63, 3.8) is 0 Å². The summed E-state index contributed by atoms with van der Waals surface area (Å²) in [5.74, 6) is -0.465. The van der Waals surface area contributed by atoms with Gasteiger partial charge in [-0.15, -0.1) is 0 Å². The molecule has 0 saturated heterocycles. The zero-order chi connectivity index (χ0) is 29.2. The molecular weight excluding hydrogens is 582 g/mol. The smallest absolute Gasteiger partial charge is 0.343 e.